The summed E-state index contributed by atoms with van der Waals surface area (Å²) in [7, 11) is 0. The molecule has 0 unspecified atom stereocenters. The topological polar surface area (TPSA) is 17.1 Å². The predicted molar refractivity (Wildman–Crippen MR) is 50.5 cm³/mol. The first-order chi connectivity index (χ1) is 4.20. The first-order valence-corrected chi connectivity index (χ1v) is 2.80. The van der Waals surface area contributed by atoms with E-state index in [2.05, 4.69) is 6.58 Å². The largest absolute Gasteiger partial charge is 0.289 e. The van der Waals surface area contributed by atoms with E-state index >= 15 is 0 Å². The van der Waals surface area contributed by atoms with Gasteiger partial charge in [0.05, 0.1) is 0 Å². The Morgan fingerprint density at radius 2 is 1.82 bits per heavy atom. The van der Waals surface area contributed by atoms with Crippen molar-refractivity contribution < 1.29 is 4.79 Å². The number of carbonyl (C=O) groups is 1. The van der Waals surface area contributed by atoms with Crippen LogP contribution in [-0.2, 0) is 4.79 Å². The van der Waals surface area contributed by atoms with Crippen molar-refractivity contribution in [2.24, 2.45) is 0 Å². The fourth-order valence-corrected chi connectivity index (χ4v) is 0.662. The highest BCUT2D eigenvalue weighted by Crippen LogP contribution is 2.08. The maximum Gasteiger partial charge on any atom is 0.185 e. The Bertz CT molecular complexity index is 219. The van der Waals surface area contributed by atoms with E-state index < -0.39 is 0 Å². The molecule has 0 amide bonds. The van der Waals surface area contributed by atoms with Gasteiger partial charge in [0.25, 0.3) is 0 Å². The van der Waals surface area contributed by atoms with Crippen LogP contribution < -0.4 is 0 Å². The lowest BCUT2D eigenvalue weighted by Crippen LogP contribution is -1.98. The van der Waals surface area contributed by atoms with Gasteiger partial charge in [-0.1, -0.05) is 33.6 Å². The number of carbonyl (C=O) groups excluding carboxylic acids is 1. The van der Waals surface area contributed by atoms with Gasteiger partial charge in [-0.2, -0.15) is 0 Å². The van der Waals surface area contributed by atoms with Crippen LogP contribution >= 0.6 is 0 Å². The zero-order chi connectivity index (χ0) is 6.85. The monoisotopic (exact) mass is 152 g/mol. The van der Waals surface area contributed by atoms with Crippen molar-refractivity contribution in [3.8, 4) is 0 Å². The molecule has 0 aromatic carbocycles. The molecule has 0 aliphatic heterocycles. The predicted octanol–water partition coefficient (Wildman–Crippen LogP) is 2.90. The van der Waals surface area contributed by atoms with Gasteiger partial charge in [-0.05, 0) is 18.6 Å². The van der Waals surface area contributed by atoms with Gasteiger partial charge in [-0.25, -0.2) is 0 Å². The molecule has 0 spiro atoms. The summed E-state index contributed by atoms with van der Waals surface area (Å²) in [5, 5.41) is 0. The lowest BCUT2D eigenvalue weighted by molar-refractivity contribution is -0.111. The summed E-state index contributed by atoms with van der Waals surface area (Å²) >= 11 is 0. The molecule has 1 nitrogen and oxygen atoms in total. The van der Waals surface area contributed by atoms with Crippen molar-refractivity contribution in [2.45, 2.75) is 21.8 Å². The third-order valence-electron chi connectivity index (χ3n) is 1.22. The van der Waals surface area contributed by atoms with E-state index in [-0.39, 0.29) is 20.6 Å². The van der Waals surface area contributed by atoms with Crippen LogP contribution in [0.3, 0.4) is 0 Å². The molecule has 1 aliphatic carbocycles. The number of rotatable bonds is 0. The fraction of sp³-hybridized carbons (Fsp3) is 0.300. The minimum atomic E-state index is 0. The second-order valence-corrected chi connectivity index (χ2v) is 2.11. The lowest BCUT2D eigenvalue weighted by Gasteiger charge is -2.00. The maximum atomic E-state index is 10.8. The quantitative estimate of drug-likeness (QED) is 0.488. The highest BCUT2D eigenvalue weighted by molar-refractivity contribution is 6.07. The molecule has 1 rings (SSSR count). The molecule has 0 radical (unpaired) electrons. The van der Waals surface area contributed by atoms with E-state index in [0.717, 1.165) is 5.57 Å². The average molecular weight is 152 g/mol. The van der Waals surface area contributed by atoms with Gasteiger partial charge in [0.2, 0.25) is 0 Å². The first-order valence-electron chi connectivity index (χ1n) is 2.80. The molecule has 62 valence electrons. The van der Waals surface area contributed by atoms with Crippen LogP contribution in [0.5, 0.6) is 0 Å². The van der Waals surface area contributed by atoms with E-state index in [1.165, 1.54) is 0 Å². The van der Waals surface area contributed by atoms with E-state index in [1.807, 2.05) is 13.0 Å². The number of hydrogen-bond donors (Lipinski definition) is 0. The van der Waals surface area contributed by atoms with Crippen molar-refractivity contribution in [1.29, 1.82) is 0 Å². The van der Waals surface area contributed by atoms with Gasteiger partial charge < -0.3 is 0 Å². The van der Waals surface area contributed by atoms with E-state index in [9.17, 15) is 4.79 Å². The van der Waals surface area contributed by atoms with Gasteiger partial charge >= 0.3 is 0 Å². The van der Waals surface area contributed by atoms with E-state index in [4.69, 9.17) is 0 Å². The van der Waals surface area contributed by atoms with Gasteiger partial charge in [-0.3, -0.25) is 4.79 Å². The molecule has 0 atom stereocenters. The van der Waals surface area contributed by atoms with Crippen LogP contribution in [0.25, 0.3) is 0 Å². The Hall–Kier alpha value is -1.11. The second-order valence-electron chi connectivity index (χ2n) is 2.11. The van der Waals surface area contributed by atoms with Gasteiger partial charge in [0.1, 0.15) is 0 Å². The van der Waals surface area contributed by atoms with Gasteiger partial charge in [-0.15, -0.1) is 0 Å². The normalized spacial score (nSPS) is 14.8. The molecule has 0 N–H and O–H groups in total. The van der Waals surface area contributed by atoms with Gasteiger partial charge in [0.15, 0.2) is 5.78 Å². The fourth-order valence-electron chi connectivity index (χ4n) is 0.662. The van der Waals surface area contributed by atoms with Crippen molar-refractivity contribution in [3.63, 3.8) is 0 Å². The van der Waals surface area contributed by atoms with E-state index in [0.29, 0.717) is 5.57 Å². The Morgan fingerprint density at radius 1 is 1.27 bits per heavy atom. The van der Waals surface area contributed by atoms with Gasteiger partial charge in [0, 0.05) is 5.57 Å². The highest BCUT2D eigenvalue weighted by atomic mass is 16.1. The van der Waals surface area contributed by atoms with Crippen LogP contribution in [0, 0.1) is 0 Å². The Kier molecular flexibility index (Phi) is 5.33. The second kappa shape index (κ2) is 4.67. The van der Waals surface area contributed by atoms with Crippen LogP contribution in [0.1, 0.15) is 21.8 Å². The third-order valence-corrected chi connectivity index (χ3v) is 1.22. The zero-order valence-electron chi connectivity index (χ0n) is 5.35. The minimum absolute atomic E-state index is 0. The Labute approximate surface area is 69.1 Å². The molecule has 11 heavy (non-hydrogen) atoms. The summed E-state index contributed by atoms with van der Waals surface area (Å²) in [5.74, 6) is 0.0231. The van der Waals surface area contributed by atoms with Crippen molar-refractivity contribution in [1.82, 2.24) is 0 Å². The van der Waals surface area contributed by atoms with Crippen molar-refractivity contribution in [3.05, 3.63) is 36.0 Å². The Balaban J connectivity index is 0. The third kappa shape index (κ3) is 2.99. The first kappa shape index (κ1) is 12.6. The molecule has 0 aromatic heterocycles. The molecule has 0 saturated heterocycles. The SMILES string of the molecule is C.C.C=C1C=CC(C)=CC1=O. The smallest absolute Gasteiger partial charge is 0.185 e. The summed E-state index contributed by atoms with van der Waals surface area (Å²) in [4.78, 5) is 10.8. The summed E-state index contributed by atoms with van der Waals surface area (Å²) in [6.07, 6.45) is 5.20. The van der Waals surface area contributed by atoms with Crippen LogP contribution in [0.4, 0.5) is 0 Å². The van der Waals surface area contributed by atoms with E-state index in [1.54, 1.807) is 12.2 Å². The average Bonchev–Trinajstić information content (AvgIpc) is 1.80. The maximum absolute atomic E-state index is 10.8. The van der Waals surface area contributed by atoms with Crippen LogP contribution in [0.15, 0.2) is 36.0 Å². The van der Waals surface area contributed by atoms with Crippen molar-refractivity contribution in [2.75, 3.05) is 0 Å². The molecule has 0 heterocycles. The standard InChI is InChI=1S/C8H8O.2CH4/c1-6-3-4-7(2)8(9)5-6;;/h3-5H,2H2,1H3;2*1H4. The summed E-state index contributed by atoms with van der Waals surface area (Å²) in [6.45, 7) is 5.44. The molecule has 0 bridgehead atoms. The highest BCUT2D eigenvalue weighted by Gasteiger charge is 2.03. The molecule has 0 fully saturated rings. The lowest BCUT2D eigenvalue weighted by atomic mass is 10.0. The number of ketones is 1. The molecule has 1 heteroatoms. The summed E-state index contributed by atoms with van der Waals surface area (Å²) in [6, 6.07) is 0. The minimum Gasteiger partial charge on any atom is -0.289 e. The summed E-state index contributed by atoms with van der Waals surface area (Å²) < 4.78 is 0. The Morgan fingerprint density at radius 3 is 2.18 bits per heavy atom. The molecule has 1 aliphatic rings. The number of allylic oxidation sites excluding steroid dienone is 5. The van der Waals surface area contributed by atoms with Crippen LogP contribution in [-0.4, -0.2) is 5.78 Å². The molecular weight excluding hydrogens is 136 g/mol. The van der Waals surface area contributed by atoms with Crippen LogP contribution in [0.2, 0.25) is 0 Å². The molecule has 0 saturated carbocycles. The summed E-state index contributed by atoms with van der Waals surface area (Å²) in [5.41, 5.74) is 1.56. The van der Waals surface area contributed by atoms with Crippen molar-refractivity contribution >= 4 is 5.78 Å². The molecular formula is C10H16O. The number of hydrogen-bond acceptors (Lipinski definition) is 1. The molecule has 0 aromatic rings. The zero-order valence-corrected chi connectivity index (χ0v) is 5.35.